The third-order valence-corrected chi connectivity index (χ3v) is 6.15. The normalized spacial score (nSPS) is 10.7. The predicted molar refractivity (Wildman–Crippen MR) is 163 cm³/mol. The van der Waals surface area contributed by atoms with Gasteiger partial charge in [0.1, 0.15) is 11.6 Å². The number of benzene rings is 2. The van der Waals surface area contributed by atoms with Crippen LogP contribution in [0.5, 0.6) is 0 Å². The Morgan fingerprint density at radius 2 is 1.73 bits per heavy atom. The molecule has 6 heteroatoms. The van der Waals surface area contributed by atoms with Crippen molar-refractivity contribution in [3.05, 3.63) is 105 Å². The van der Waals surface area contributed by atoms with E-state index in [-0.39, 0.29) is 11.6 Å². The van der Waals surface area contributed by atoms with Crippen LogP contribution in [0.2, 0.25) is 0 Å². The zero-order valence-electron chi connectivity index (χ0n) is 24.7. The predicted octanol–water partition coefficient (Wildman–Crippen LogP) is 9.29. The summed E-state index contributed by atoms with van der Waals surface area (Å²) in [5.74, 6) is -0.580. The first kappa shape index (κ1) is 33.9. The second kappa shape index (κ2) is 18.2. The highest BCUT2D eigenvalue weighted by atomic mass is 19.1. The Labute approximate surface area is 238 Å². The Morgan fingerprint density at radius 1 is 1.00 bits per heavy atom. The van der Waals surface area contributed by atoms with Crippen molar-refractivity contribution in [1.82, 2.24) is 4.98 Å². The SMILES string of the molecule is C/C=C\c1ncc(/C(C)=C/CCCCc2ccc(C#N)cc2F)cc1C.CC.Cc1cc(C)c(NC=O)cc1F. The van der Waals surface area contributed by atoms with E-state index in [2.05, 4.69) is 36.3 Å². The van der Waals surface area contributed by atoms with Crippen LogP contribution in [0.15, 0.2) is 54.7 Å². The lowest BCUT2D eigenvalue weighted by molar-refractivity contribution is -0.105. The van der Waals surface area contributed by atoms with Crippen molar-refractivity contribution in [3.63, 3.8) is 0 Å². The second-order valence-corrected chi connectivity index (χ2v) is 9.16. The van der Waals surface area contributed by atoms with Gasteiger partial charge in [0.15, 0.2) is 0 Å². The van der Waals surface area contributed by atoms with Gasteiger partial charge in [-0.15, -0.1) is 0 Å². The van der Waals surface area contributed by atoms with Crippen molar-refractivity contribution in [2.24, 2.45) is 0 Å². The molecular weight excluding hydrogens is 504 g/mol. The van der Waals surface area contributed by atoms with Gasteiger partial charge in [-0.25, -0.2) is 8.78 Å². The number of aromatic nitrogens is 1. The molecule has 0 saturated heterocycles. The minimum Gasteiger partial charge on any atom is -0.328 e. The fourth-order valence-corrected chi connectivity index (χ4v) is 3.89. The van der Waals surface area contributed by atoms with Gasteiger partial charge in [-0.3, -0.25) is 9.78 Å². The van der Waals surface area contributed by atoms with Gasteiger partial charge in [0.05, 0.1) is 17.3 Å². The molecule has 0 aliphatic carbocycles. The van der Waals surface area contributed by atoms with E-state index in [1.54, 1.807) is 25.1 Å². The number of allylic oxidation sites excluding steroid dienone is 3. The van der Waals surface area contributed by atoms with Crippen LogP contribution in [0, 0.1) is 43.7 Å². The van der Waals surface area contributed by atoms with Crippen molar-refractivity contribution in [2.45, 2.75) is 74.1 Å². The lowest BCUT2D eigenvalue weighted by atomic mass is 10.0. The zero-order valence-corrected chi connectivity index (χ0v) is 24.7. The van der Waals surface area contributed by atoms with E-state index in [0.29, 0.717) is 35.2 Å². The highest BCUT2D eigenvalue weighted by molar-refractivity contribution is 5.73. The number of hydrogen-bond donors (Lipinski definition) is 1. The molecule has 2 aromatic carbocycles. The molecule has 0 unspecified atom stereocenters. The van der Waals surface area contributed by atoms with Gasteiger partial charge in [-0.05, 0) is 124 Å². The molecule has 4 nitrogen and oxygen atoms in total. The topological polar surface area (TPSA) is 65.8 Å². The molecule has 1 amide bonds. The number of nitrogens with one attached hydrogen (secondary N) is 1. The van der Waals surface area contributed by atoms with Crippen LogP contribution in [-0.4, -0.2) is 11.4 Å². The summed E-state index contributed by atoms with van der Waals surface area (Å²) in [6.07, 6.45) is 12.3. The van der Waals surface area contributed by atoms with Crippen LogP contribution >= 0.6 is 0 Å². The van der Waals surface area contributed by atoms with Gasteiger partial charge in [0.25, 0.3) is 0 Å². The average molecular weight is 546 g/mol. The molecule has 0 radical (unpaired) electrons. The number of nitriles is 1. The molecule has 3 aromatic rings. The maximum Gasteiger partial charge on any atom is 0.211 e. The first-order valence-electron chi connectivity index (χ1n) is 13.6. The van der Waals surface area contributed by atoms with E-state index in [9.17, 15) is 13.6 Å². The summed E-state index contributed by atoms with van der Waals surface area (Å²) in [6, 6.07) is 11.8. The molecule has 0 saturated carbocycles. The first-order valence-corrected chi connectivity index (χ1v) is 13.6. The molecule has 0 spiro atoms. The van der Waals surface area contributed by atoms with Crippen molar-refractivity contribution in [1.29, 1.82) is 5.26 Å². The Balaban J connectivity index is 0.000000477. The van der Waals surface area contributed by atoms with E-state index in [4.69, 9.17) is 5.26 Å². The van der Waals surface area contributed by atoms with E-state index < -0.39 is 0 Å². The average Bonchev–Trinajstić information content (AvgIpc) is 2.95. The molecule has 0 aliphatic rings. The Hall–Kier alpha value is -4.11. The largest absolute Gasteiger partial charge is 0.328 e. The van der Waals surface area contributed by atoms with Gasteiger partial charge in [-0.2, -0.15) is 5.26 Å². The Morgan fingerprint density at radius 3 is 2.33 bits per heavy atom. The molecule has 1 aromatic heterocycles. The van der Waals surface area contributed by atoms with E-state index >= 15 is 0 Å². The minimum atomic E-state index is -0.301. The van der Waals surface area contributed by atoms with Gasteiger partial charge in [-0.1, -0.05) is 38.1 Å². The maximum absolute atomic E-state index is 13.8. The van der Waals surface area contributed by atoms with Crippen LogP contribution in [0.1, 0.15) is 86.0 Å². The van der Waals surface area contributed by atoms with E-state index in [0.717, 1.165) is 36.1 Å². The molecule has 40 heavy (non-hydrogen) atoms. The van der Waals surface area contributed by atoms with Crippen LogP contribution < -0.4 is 5.32 Å². The molecule has 0 fully saturated rings. The third kappa shape index (κ3) is 10.9. The molecular formula is C34H41F2N3O. The van der Waals surface area contributed by atoms with Crippen LogP contribution in [0.3, 0.4) is 0 Å². The lowest BCUT2D eigenvalue weighted by Crippen LogP contribution is -1.98. The van der Waals surface area contributed by atoms with Crippen LogP contribution in [0.25, 0.3) is 11.6 Å². The number of unbranched alkanes of at least 4 members (excludes halogenated alkanes) is 2. The van der Waals surface area contributed by atoms with E-state index in [1.165, 1.54) is 23.3 Å². The fourth-order valence-electron chi connectivity index (χ4n) is 3.89. The maximum atomic E-state index is 13.8. The summed E-state index contributed by atoms with van der Waals surface area (Å²) in [4.78, 5) is 14.6. The summed E-state index contributed by atoms with van der Waals surface area (Å²) in [7, 11) is 0. The van der Waals surface area contributed by atoms with Crippen LogP contribution in [0.4, 0.5) is 14.5 Å². The van der Waals surface area contributed by atoms with Gasteiger partial charge in [0.2, 0.25) is 6.41 Å². The monoisotopic (exact) mass is 545 g/mol. The second-order valence-electron chi connectivity index (χ2n) is 9.16. The summed E-state index contributed by atoms with van der Waals surface area (Å²) in [6.45, 7) is 13.7. The number of hydrogen-bond acceptors (Lipinski definition) is 3. The first-order chi connectivity index (χ1) is 19.2. The van der Waals surface area contributed by atoms with Gasteiger partial charge < -0.3 is 5.32 Å². The Kier molecular flexibility index (Phi) is 15.5. The smallest absolute Gasteiger partial charge is 0.211 e. The number of amides is 1. The number of anilines is 1. The van der Waals surface area contributed by atoms with Crippen molar-refractivity contribution >= 4 is 23.7 Å². The van der Waals surface area contributed by atoms with Crippen molar-refractivity contribution in [2.75, 3.05) is 5.32 Å². The van der Waals surface area contributed by atoms with Crippen LogP contribution in [-0.2, 0) is 11.2 Å². The molecule has 0 aliphatic heterocycles. The van der Waals surface area contributed by atoms with Gasteiger partial charge in [0, 0.05) is 11.9 Å². The fraction of sp³-hybridized carbons (Fsp3) is 0.324. The number of carbonyl (C=O) groups excluding carboxylic acids is 1. The van der Waals surface area contributed by atoms with Crippen molar-refractivity contribution < 1.29 is 13.6 Å². The van der Waals surface area contributed by atoms with Gasteiger partial charge >= 0.3 is 0 Å². The summed E-state index contributed by atoms with van der Waals surface area (Å²) < 4.78 is 26.8. The minimum absolute atomic E-state index is 0.279. The highest BCUT2D eigenvalue weighted by Crippen LogP contribution is 2.20. The molecule has 0 atom stereocenters. The quantitative estimate of drug-likeness (QED) is 0.215. The van der Waals surface area contributed by atoms with Crippen molar-refractivity contribution in [3.8, 4) is 6.07 Å². The Bertz CT molecular complexity index is 1350. The number of rotatable bonds is 9. The standard InChI is InChI=1S/C23H25FN2.C9H10FNO.C2H6/c1-4-8-23-18(3)13-21(16-26-23)17(2)9-6-5-7-10-20-12-11-19(15-25)14-22(20)24;1-6-3-7(2)9(11-5-12)4-8(6)10;1-2/h4,8-9,11-14,16H,5-7,10H2,1-3H3;3-5H,1-2H3,(H,11,12);1-2H3/b8-4-,17-9+;;. The molecule has 3 rings (SSSR count). The molecule has 1 N–H and O–H groups in total. The summed E-state index contributed by atoms with van der Waals surface area (Å²) in [5, 5.41) is 11.2. The third-order valence-electron chi connectivity index (χ3n) is 6.15. The summed E-state index contributed by atoms with van der Waals surface area (Å²) >= 11 is 0. The molecule has 0 bridgehead atoms. The zero-order chi connectivity index (χ0) is 30.1. The lowest BCUT2D eigenvalue weighted by Gasteiger charge is -2.06. The number of carbonyl (C=O) groups is 1. The number of aryl methyl sites for hydroxylation is 4. The highest BCUT2D eigenvalue weighted by Gasteiger charge is 2.05. The number of pyridine rings is 1. The number of nitrogens with zero attached hydrogens (tertiary/aromatic N) is 2. The van der Waals surface area contributed by atoms with E-state index in [1.807, 2.05) is 52.1 Å². The molecule has 212 valence electrons. The number of halogens is 2. The molecule has 1 heterocycles. The summed E-state index contributed by atoms with van der Waals surface area (Å²) in [5.41, 5.74) is 7.57.